The molecule has 0 radical (unpaired) electrons. The molecule has 0 unspecified atom stereocenters. The molecule has 2 nitrogen and oxygen atoms in total. The van der Waals surface area contributed by atoms with Crippen molar-refractivity contribution in [3.63, 3.8) is 0 Å². The smallest absolute Gasteiger partial charge is 0.0366 e. The molecule has 1 saturated carbocycles. The van der Waals surface area contributed by atoms with Crippen molar-refractivity contribution in [2.45, 2.75) is 51.5 Å². The lowest BCUT2D eigenvalue weighted by Crippen LogP contribution is -2.26. The van der Waals surface area contributed by atoms with Crippen LogP contribution in [0.3, 0.4) is 0 Å². The summed E-state index contributed by atoms with van der Waals surface area (Å²) in [4.78, 5) is 2.54. The zero-order valence-corrected chi connectivity index (χ0v) is 12.3. The molecule has 106 valence electrons. The molecule has 0 bridgehead atoms. The van der Waals surface area contributed by atoms with Crippen LogP contribution in [0.15, 0.2) is 30.3 Å². The van der Waals surface area contributed by atoms with E-state index >= 15 is 0 Å². The Morgan fingerprint density at radius 2 is 1.79 bits per heavy atom. The summed E-state index contributed by atoms with van der Waals surface area (Å²) in [5.74, 6) is 0. The van der Waals surface area contributed by atoms with Crippen LogP contribution in [-0.2, 0) is 0 Å². The third-order valence-electron chi connectivity index (χ3n) is 3.77. The minimum atomic E-state index is 0.852. The Balaban J connectivity index is 1.70. The molecule has 0 aliphatic heterocycles. The summed E-state index contributed by atoms with van der Waals surface area (Å²) in [5.41, 5.74) is 1.38. The average Bonchev–Trinajstić information content (AvgIpc) is 3.27. The summed E-state index contributed by atoms with van der Waals surface area (Å²) in [6, 6.07) is 11.7. The molecule has 0 heterocycles. The highest BCUT2D eigenvalue weighted by molar-refractivity contribution is 5.45. The van der Waals surface area contributed by atoms with Gasteiger partial charge in [0, 0.05) is 24.8 Å². The molecule has 1 N–H and O–H groups in total. The molecule has 0 aromatic heterocycles. The number of nitrogens with zero attached hydrogens (tertiary/aromatic N) is 1. The average molecular weight is 260 g/mol. The molecule has 1 aliphatic carbocycles. The number of hydrogen-bond donors (Lipinski definition) is 1. The standard InChI is InChI=1S/C17H28N2/c1-2-3-14-19(17-9-5-4-6-10-17)15-8-7-13-18-16-11-12-16/h4-6,9-10,16,18H,2-3,7-8,11-15H2,1H3. The van der Waals surface area contributed by atoms with E-state index in [-0.39, 0.29) is 0 Å². The molecule has 0 amide bonds. The van der Waals surface area contributed by atoms with E-state index < -0.39 is 0 Å². The van der Waals surface area contributed by atoms with Gasteiger partial charge in [-0.2, -0.15) is 0 Å². The Labute approximate surface area is 118 Å². The van der Waals surface area contributed by atoms with Gasteiger partial charge in [-0.15, -0.1) is 0 Å². The third kappa shape index (κ3) is 5.65. The number of hydrogen-bond acceptors (Lipinski definition) is 2. The van der Waals surface area contributed by atoms with Crippen molar-refractivity contribution in [2.24, 2.45) is 0 Å². The van der Waals surface area contributed by atoms with Gasteiger partial charge < -0.3 is 10.2 Å². The monoisotopic (exact) mass is 260 g/mol. The number of rotatable bonds is 10. The SMILES string of the molecule is CCCCN(CCCCNC1CC1)c1ccccc1. The quantitative estimate of drug-likeness (QED) is 0.643. The van der Waals surface area contributed by atoms with Crippen molar-refractivity contribution >= 4 is 5.69 Å². The molecule has 2 rings (SSSR count). The maximum atomic E-state index is 3.59. The number of unbranched alkanes of at least 4 members (excludes halogenated alkanes) is 2. The second kappa shape index (κ2) is 8.21. The lowest BCUT2D eigenvalue weighted by molar-refractivity contribution is 0.603. The molecule has 2 heteroatoms. The fourth-order valence-corrected chi connectivity index (χ4v) is 2.38. The third-order valence-corrected chi connectivity index (χ3v) is 3.77. The van der Waals surface area contributed by atoms with Crippen molar-refractivity contribution < 1.29 is 0 Å². The van der Waals surface area contributed by atoms with Gasteiger partial charge in [-0.1, -0.05) is 31.5 Å². The van der Waals surface area contributed by atoms with Crippen LogP contribution in [0, 0.1) is 0 Å². The van der Waals surface area contributed by atoms with E-state index in [1.54, 1.807) is 0 Å². The maximum Gasteiger partial charge on any atom is 0.0366 e. The Morgan fingerprint density at radius 1 is 1.05 bits per heavy atom. The Hall–Kier alpha value is -1.02. The Morgan fingerprint density at radius 3 is 2.47 bits per heavy atom. The van der Waals surface area contributed by atoms with E-state index in [0.29, 0.717) is 0 Å². The molecule has 1 aromatic rings. The first kappa shape index (κ1) is 14.4. The van der Waals surface area contributed by atoms with E-state index in [1.165, 1.54) is 63.8 Å². The lowest BCUT2D eigenvalue weighted by Gasteiger charge is -2.24. The molecule has 0 saturated heterocycles. The zero-order valence-electron chi connectivity index (χ0n) is 12.3. The van der Waals surface area contributed by atoms with E-state index in [1.807, 2.05) is 0 Å². The largest absolute Gasteiger partial charge is 0.372 e. The van der Waals surface area contributed by atoms with Crippen LogP contribution in [0.25, 0.3) is 0 Å². The van der Waals surface area contributed by atoms with Gasteiger partial charge >= 0.3 is 0 Å². The van der Waals surface area contributed by atoms with Crippen LogP contribution < -0.4 is 10.2 Å². The molecule has 0 atom stereocenters. The van der Waals surface area contributed by atoms with E-state index in [2.05, 4.69) is 47.5 Å². The topological polar surface area (TPSA) is 15.3 Å². The number of anilines is 1. The van der Waals surface area contributed by atoms with Crippen molar-refractivity contribution in [1.82, 2.24) is 5.32 Å². The number of nitrogens with one attached hydrogen (secondary N) is 1. The first-order chi connectivity index (χ1) is 9.40. The Kier molecular flexibility index (Phi) is 6.22. The summed E-state index contributed by atoms with van der Waals surface area (Å²) >= 11 is 0. The Bertz CT molecular complexity index is 332. The molecule has 1 aliphatic rings. The fraction of sp³-hybridized carbons (Fsp3) is 0.647. The molecular weight excluding hydrogens is 232 g/mol. The molecular formula is C17H28N2. The highest BCUT2D eigenvalue weighted by Crippen LogP contribution is 2.18. The van der Waals surface area contributed by atoms with Crippen LogP contribution in [-0.4, -0.2) is 25.7 Å². The first-order valence-electron chi connectivity index (χ1n) is 7.93. The van der Waals surface area contributed by atoms with Crippen LogP contribution in [0.5, 0.6) is 0 Å². The summed E-state index contributed by atoms with van der Waals surface area (Å²) in [5, 5.41) is 3.59. The van der Waals surface area contributed by atoms with Gasteiger partial charge in [0.1, 0.15) is 0 Å². The normalized spacial score (nSPS) is 14.6. The van der Waals surface area contributed by atoms with Gasteiger partial charge in [-0.25, -0.2) is 0 Å². The summed E-state index contributed by atoms with van der Waals surface area (Å²) < 4.78 is 0. The molecule has 19 heavy (non-hydrogen) atoms. The predicted octanol–water partition coefficient (Wildman–Crippen LogP) is 3.83. The second-order valence-electron chi connectivity index (χ2n) is 5.61. The summed E-state index contributed by atoms with van der Waals surface area (Å²) in [6.45, 7) is 5.84. The van der Waals surface area contributed by atoms with Crippen molar-refractivity contribution in [3.05, 3.63) is 30.3 Å². The van der Waals surface area contributed by atoms with Gasteiger partial charge in [0.2, 0.25) is 0 Å². The second-order valence-corrected chi connectivity index (χ2v) is 5.61. The summed E-state index contributed by atoms with van der Waals surface area (Å²) in [6.07, 6.45) is 7.94. The van der Waals surface area contributed by atoms with Crippen LogP contribution >= 0.6 is 0 Å². The van der Waals surface area contributed by atoms with E-state index in [4.69, 9.17) is 0 Å². The van der Waals surface area contributed by atoms with Crippen LogP contribution in [0.2, 0.25) is 0 Å². The summed E-state index contributed by atoms with van der Waals surface area (Å²) in [7, 11) is 0. The molecule has 1 fully saturated rings. The van der Waals surface area contributed by atoms with Crippen molar-refractivity contribution in [2.75, 3.05) is 24.5 Å². The van der Waals surface area contributed by atoms with Crippen LogP contribution in [0.4, 0.5) is 5.69 Å². The van der Waals surface area contributed by atoms with Crippen LogP contribution in [0.1, 0.15) is 45.4 Å². The van der Waals surface area contributed by atoms with Crippen molar-refractivity contribution in [1.29, 1.82) is 0 Å². The van der Waals surface area contributed by atoms with E-state index in [0.717, 1.165) is 6.04 Å². The van der Waals surface area contributed by atoms with Gasteiger partial charge in [0.15, 0.2) is 0 Å². The van der Waals surface area contributed by atoms with Gasteiger partial charge in [0.05, 0.1) is 0 Å². The predicted molar refractivity (Wildman–Crippen MR) is 83.8 cm³/mol. The maximum absolute atomic E-state index is 3.59. The fourth-order valence-electron chi connectivity index (χ4n) is 2.38. The first-order valence-corrected chi connectivity index (χ1v) is 7.93. The lowest BCUT2D eigenvalue weighted by atomic mass is 10.2. The minimum Gasteiger partial charge on any atom is -0.372 e. The highest BCUT2D eigenvalue weighted by atomic mass is 15.1. The minimum absolute atomic E-state index is 0.852. The van der Waals surface area contributed by atoms with Crippen molar-refractivity contribution in [3.8, 4) is 0 Å². The van der Waals surface area contributed by atoms with Gasteiger partial charge in [-0.3, -0.25) is 0 Å². The number of benzene rings is 1. The zero-order chi connectivity index (χ0) is 13.3. The van der Waals surface area contributed by atoms with Gasteiger partial charge in [-0.05, 0) is 50.8 Å². The van der Waals surface area contributed by atoms with E-state index in [9.17, 15) is 0 Å². The number of para-hydroxylation sites is 1. The molecule has 1 aromatic carbocycles. The molecule has 0 spiro atoms. The van der Waals surface area contributed by atoms with Gasteiger partial charge in [0.25, 0.3) is 0 Å². The highest BCUT2D eigenvalue weighted by Gasteiger charge is 2.19.